The molecule has 0 saturated heterocycles. The Balaban J connectivity index is 2.23. The van der Waals surface area contributed by atoms with E-state index in [4.69, 9.17) is 0 Å². The number of halogens is 1. The first-order valence-electron chi connectivity index (χ1n) is 7.98. The Kier molecular flexibility index (Phi) is 6.28. The van der Waals surface area contributed by atoms with Gasteiger partial charge in [0, 0.05) is 12.2 Å². The number of carbonyl (C=O) groups is 1. The summed E-state index contributed by atoms with van der Waals surface area (Å²) >= 11 is 0. The summed E-state index contributed by atoms with van der Waals surface area (Å²) in [6, 6.07) is 10.1. The molecule has 0 bridgehead atoms. The lowest BCUT2D eigenvalue weighted by atomic mass is 10.1. The van der Waals surface area contributed by atoms with Crippen LogP contribution in [0.1, 0.15) is 11.1 Å². The quantitative estimate of drug-likeness (QED) is 0.755. The molecular weight excluding hydrogens is 355 g/mol. The predicted octanol–water partition coefficient (Wildman–Crippen LogP) is 3.26. The van der Waals surface area contributed by atoms with Crippen LogP contribution in [-0.4, -0.2) is 31.7 Å². The van der Waals surface area contributed by atoms with Gasteiger partial charge in [-0.3, -0.25) is 4.79 Å². The van der Waals surface area contributed by atoms with Crippen molar-refractivity contribution in [2.45, 2.75) is 18.7 Å². The first-order chi connectivity index (χ1) is 12.3. The van der Waals surface area contributed by atoms with Crippen LogP contribution in [0.25, 0.3) is 0 Å². The number of para-hydroxylation sites is 1. The summed E-state index contributed by atoms with van der Waals surface area (Å²) in [5.41, 5.74) is 2.43. The Labute approximate surface area is 153 Å². The molecule has 26 heavy (non-hydrogen) atoms. The van der Waals surface area contributed by atoms with Gasteiger partial charge in [0.25, 0.3) is 0 Å². The fourth-order valence-corrected chi connectivity index (χ4v) is 3.87. The molecule has 0 aliphatic rings. The van der Waals surface area contributed by atoms with Gasteiger partial charge in [0.2, 0.25) is 15.9 Å². The van der Waals surface area contributed by atoms with Crippen LogP contribution in [0.5, 0.6) is 0 Å². The van der Waals surface area contributed by atoms with E-state index in [-0.39, 0.29) is 18.0 Å². The van der Waals surface area contributed by atoms with Gasteiger partial charge in [0.1, 0.15) is 5.82 Å². The number of benzene rings is 2. The number of sulfonamides is 1. The second-order valence-electron chi connectivity index (χ2n) is 5.86. The van der Waals surface area contributed by atoms with E-state index >= 15 is 0 Å². The third-order valence-electron chi connectivity index (χ3n) is 3.85. The molecule has 0 aliphatic carbocycles. The van der Waals surface area contributed by atoms with E-state index in [1.165, 1.54) is 18.2 Å². The Morgan fingerprint density at radius 1 is 1.15 bits per heavy atom. The van der Waals surface area contributed by atoms with Crippen molar-refractivity contribution < 1.29 is 17.6 Å². The molecule has 2 aromatic rings. The van der Waals surface area contributed by atoms with Gasteiger partial charge < -0.3 is 5.32 Å². The summed E-state index contributed by atoms with van der Waals surface area (Å²) in [7, 11) is -3.95. The van der Waals surface area contributed by atoms with E-state index in [2.05, 4.69) is 11.9 Å². The number of nitrogens with zero attached hydrogens (tertiary/aromatic N) is 1. The zero-order chi connectivity index (χ0) is 19.3. The van der Waals surface area contributed by atoms with E-state index in [9.17, 15) is 17.6 Å². The second-order valence-corrected chi connectivity index (χ2v) is 7.79. The molecule has 1 N–H and O–H groups in total. The summed E-state index contributed by atoms with van der Waals surface area (Å²) in [6.45, 7) is 6.85. The number of anilines is 1. The number of rotatable bonds is 7. The largest absolute Gasteiger partial charge is 0.324 e. The highest BCUT2D eigenvalue weighted by molar-refractivity contribution is 7.89. The molecule has 0 atom stereocenters. The molecule has 0 radical (unpaired) electrons. The summed E-state index contributed by atoms with van der Waals surface area (Å²) in [4.78, 5) is 12.3. The van der Waals surface area contributed by atoms with Gasteiger partial charge in [-0.2, -0.15) is 4.31 Å². The SMILES string of the molecule is C=CCN(CC(=O)Nc1c(C)cccc1C)S(=O)(=O)c1ccc(F)cc1. The molecule has 0 heterocycles. The van der Waals surface area contributed by atoms with Gasteiger partial charge in [-0.1, -0.05) is 24.3 Å². The lowest BCUT2D eigenvalue weighted by Crippen LogP contribution is -2.38. The van der Waals surface area contributed by atoms with Gasteiger partial charge in [0.05, 0.1) is 11.4 Å². The maximum absolute atomic E-state index is 13.1. The van der Waals surface area contributed by atoms with Gasteiger partial charge in [-0.25, -0.2) is 12.8 Å². The third-order valence-corrected chi connectivity index (χ3v) is 5.68. The molecule has 0 spiro atoms. The summed E-state index contributed by atoms with van der Waals surface area (Å²) < 4.78 is 39.5. The van der Waals surface area contributed by atoms with Gasteiger partial charge in [-0.15, -0.1) is 6.58 Å². The molecule has 2 rings (SSSR count). The van der Waals surface area contributed by atoms with Crippen LogP contribution in [0, 0.1) is 19.7 Å². The molecule has 1 amide bonds. The Bertz CT molecular complexity index is 889. The van der Waals surface area contributed by atoms with Gasteiger partial charge in [0.15, 0.2) is 0 Å². The van der Waals surface area contributed by atoms with Crippen LogP contribution in [0.15, 0.2) is 60.0 Å². The number of carbonyl (C=O) groups excluding carboxylic acids is 1. The molecule has 0 aliphatic heterocycles. The van der Waals surface area contributed by atoms with E-state index in [0.29, 0.717) is 5.69 Å². The maximum Gasteiger partial charge on any atom is 0.243 e. The number of nitrogens with one attached hydrogen (secondary N) is 1. The van der Waals surface area contributed by atoms with E-state index < -0.39 is 21.7 Å². The highest BCUT2D eigenvalue weighted by Crippen LogP contribution is 2.20. The van der Waals surface area contributed by atoms with Crippen LogP contribution in [0.3, 0.4) is 0 Å². The average Bonchev–Trinajstić information content (AvgIpc) is 2.58. The van der Waals surface area contributed by atoms with Crippen LogP contribution < -0.4 is 5.32 Å². The van der Waals surface area contributed by atoms with Crippen molar-refractivity contribution in [2.75, 3.05) is 18.4 Å². The zero-order valence-electron chi connectivity index (χ0n) is 14.7. The minimum Gasteiger partial charge on any atom is -0.324 e. The molecule has 0 fully saturated rings. The third kappa shape index (κ3) is 4.56. The minimum atomic E-state index is -3.95. The van der Waals surface area contributed by atoms with Gasteiger partial charge >= 0.3 is 0 Å². The van der Waals surface area contributed by atoms with E-state index in [1.807, 2.05) is 32.0 Å². The lowest BCUT2D eigenvalue weighted by molar-refractivity contribution is -0.116. The van der Waals surface area contributed by atoms with Crippen molar-refractivity contribution in [3.63, 3.8) is 0 Å². The number of hydrogen-bond donors (Lipinski definition) is 1. The molecular formula is C19H21FN2O3S. The topological polar surface area (TPSA) is 66.5 Å². The smallest absolute Gasteiger partial charge is 0.243 e. The zero-order valence-corrected chi connectivity index (χ0v) is 15.5. The van der Waals surface area contributed by atoms with Crippen LogP contribution in [0.2, 0.25) is 0 Å². The predicted molar refractivity (Wildman–Crippen MR) is 99.9 cm³/mol. The maximum atomic E-state index is 13.1. The fraction of sp³-hybridized carbons (Fsp3) is 0.211. The molecule has 0 saturated carbocycles. The molecule has 2 aromatic carbocycles. The monoisotopic (exact) mass is 376 g/mol. The second kappa shape index (κ2) is 8.25. The number of hydrogen-bond acceptors (Lipinski definition) is 3. The molecule has 5 nitrogen and oxygen atoms in total. The van der Waals surface area contributed by atoms with E-state index in [1.54, 1.807) is 0 Å². The fourth-order valence-electron chi connectivity index (χ4n) is 2.50. The van der Waals surface area contributed by atoms with Crippen molar-refractivity contribution >= 4 is 21.6 Å². The standard InChI is InChI=1S/C19H21FN2O3S/c1-4-12-22(26(24,25)17-10-8-16(20)9-11-17)13-18(23)21-19-14(2)6-5-7-15(19)3/h4-11H,1,12-13H2,2-3H3,(H,21,23). The Morgan fingerprint density at radius 3 is 2.27 bits per heavy atom. The van der Waals surface area contributed by atoms with Crippen molar-refractivity contribution in [3.05, 3.63) is 72.1 Å². The van der Waals surface area contributed by atoms with Crippen molar-refractivity contribution in [3.8, 4) is 0 Å². The molecule has 7 heteroatoms. The average molecular weight is 376 g/mol. The van der Waals surface area contributed by atoms with Crippen LogP contribution in [-0.2, 0) is 14.8 Å². The van der Waals surface area contributed by atoms with Crippen LogP contribution in [0.4, 0.5) is 10.1 Å². The summed E-state index contributed by atoms with van der Waals surface area (Å²) in [5, 5.41) is 2.76. The highest BCUT2D eigenvalue weighted by Gasteiger charge is 2.26. The highest BCUT2D eigenvalue weighted by atomic mass is 32.2. The molecule has 0 aromatic heterocycles. The number of aryl methyl sites for hydroxylation is 2. The summed E-state index contributed by atoms with van der Waals surface area (Å²) in [6.07, 6.45) is 1.40. The minimum absolute atomic E-state index is 0.0418. The first-order valence-corrected chi connectivity index (χ1v) is 9.42. The van der Waals surface area contributed by atoms with Crippen molar-refractivity contribution in [1.29, 1.82) is 0 Å². The lowest BCUT2D eigenvalue weighted by Gasteiger charge is -2.21. The normalized spacial score (nSPS) is 11.4. The van der Waals surface area contributed by atoms with E-state index in [0.717, 1.165) is 27.6 Å². The van der Waals surface area contributed by atoms with Gasteiger partial charge in [-0.05, 0) is 49.2 Å². The summed E-state index contributed by atoms with van der Waals surface area (Å²) in [5.74, 6) is -0.998. The Hall–Kier alpha value is -2.51. The Morgan fingerprint density at radius 2 is 1.73 bits per heavy atom. The number of amides is 1. The van der Waals surface area contributed by atoms with Crippen LogP contribution >= 0.6 is 0 Å². The molecule has 0 unspecified atom stereocenters. The van der Waals surface area contributed by atoms with Crippen molar-refractivity contribution in [1.82, 2.24) is 4.31 Å². The molecule has 138 valence electrons. The van der Waals surface area contributed by atoms with Crippen molar-refractivity contribution in [2.24, 2.45) is 0 Å². The first kappa shape index (κ1) is 19.8.